The summed E-state index contributed by atoms with van der Waals surface area (Å²) in [5.41, 5.74) is 2.41. The highest BCUT2D eigenvalue weighted by molar-refractivity contribution is 6.30. The fourth-order valence-corrected chi connectivity index (χ4v) is 3.17. The average Bonchev–Trinajstić information content (AvgIpc) is 2.67. The third kappa shape index (κ3) is 6.59. The number of rotatable bonds is 7. The van der Waals surface area contributed by atoms with Crippen LogP contribution in [0.3, 0.4) is 0 Å². The molecule has 8 heteroatoms. The first-order valence-corrected chi connectivity index (χ1v) is 9.73. The van der Waals surface area contributed by atoms with Crippen LogP contribution in [0.1, 0.15) is 12.5 Å². The molecule has 0 radical (unpaired) electrons. The molecule has 0 bridgehead atoms. The maximum absolute atomic E-state index is 11.9. The topological polar surface area (TPSA) is 69.2 Å². The summed E-state index contributed by atoms with van der Waals surface area (Å²) >= 11 is 6.16. The van der Waals surface area contributed by atoms with E-state index in [-0.39, 0.29) is 12.5 Å². The van der Waals surface area contributed by atoms with E-state index in [4.69, 9.17) is 16.3 Å². The lowest BCUT2D eigenvalue weighted by Crippen LogP contribution is -2.53. The van der Waals surface area contributed by atoms with E-state index < -0.39 is 0 Å². The zero-order chi connectivity index (χ0) is 19.6. The molecule has 0 unspecified atom stereocenters. The minimum absolute atomic E-state index is 0.101. The van der Waals surface area contributed by atoms with E-state index in [0.29, 0.717) is 13.2 Å². The Morgan fingerprint density at radius 1 is 1.26 bits per heavy atom. The molecular formula is C19H30ClN5O2. The number of halogens is 1. The number of nitrogens with zero attached hydrogens (tertiary/aromatic N) is 3. The molecule has 1 aliphatic rings. The highest BCUT2D eigenvalue weighted by Crippen LogP contribution is 2.25. The first-order chi connectivity index (χ1) is 13.0. The highest BCUT2D eigenvalue weighted by Gasteiger charge is 2.21. The molecule has 0 aliphatic carbocycles. The van der Waals surface area contributed by atoms with Crippen molar-refractivity contribution in [3.63, 3.8) is 0 Å². The lowest BCUT2D eigenvalue weighted by atomic mass is 10.1. The zero-order valence-electron chi connectivity index (χ0n) is 16.4. The van der Waals surface area contributed by atoms with Crippen LogP contribution in [0.4, 0.5) is 5.69 Å². The summed E-state index contributed by atoms with van der Waals surface area (Å²) in [7, 11) is 1.61. The minimum Gasteiger partial charge on any atom is -0.383 e. The number of aryl methyl sites for hydroxylation is 1. The predicted octanol–water partition coefficient (Wildman–Crippen LogP) is 1.50. The predicted molar refractivity (Wildman–Crippen MR) is 111 cm³/mol. The van der Waals surface area contributed by atoms with Crippen LogP contribution in [0.5, 0.6) is 0 Å². The Bertz CT molecular complexity index is 645. The minimum atomic E-state index is -0.101. The summed E-state index contributed by atoms with van der Waals surface area (Å²) in [6, 6.07) is 6.00. The monoisotopic (exact) mass is 395 g/mol. The van der Waals surface area contributed by atoms with Gasteiger partial charge in [-0.05, 0) is 31.5 Å². The molecule has 0 atom stereocenters. The number of hydrogen-bond donors (Lipinski definition) is 2. The zero-order valence-corrected chi connectivity index (χ0v) is 17.2. The number of guanidine groups is 1. The highest BCUT2D eigenvalue weighted by atomic mass is 35.5. The Morgan fingerprint density at radius 2 is 2.00 bits per heavy atom. The second-order valence-electron chi connectivity index (χ2n) is 6.42. The van der Waals surface area contributed by atoms with Gasteiger partial charge in [-0.15, -0.1) is 0 Å². The van der Waals surface area contributed by atoms with E-state index in [1.165, 1.54) is 11.3 Å². The van der Waals surface area contributed by atoms with E-state index in [2.05, 4.69) is 38.4 Å². The van der Waals surface area contributed by atoms with Crippen LogP contribution in [-0.4, -0.2) is 76.3 Å². The van der Waals surface area contributed by atoms with Crippen molar-refractivity contribution in [2.45, 2.75) is 13.8 Å². The SMILES string of the molecule is CCNC(=NCC(=O)NCCOC)N1CCN(c2cc(Cl)ccc2C)CC1. The molecule has 0 spiro atoms. The summed E-state index contributed by atoms with van der Waals surface area (Å²) in [4.78, 5) is 20.9. The van der Waals surface area contributed by atoms with Gasteiger partial charge in [0.15, 0.2) is 5.96 Å². The molecule has 1 aromatic carbocycles. The standard InChI is InChI=1S/C19H30ClN5O2/c1-4-21-19(23-14-18(26)22-7-12-27-3)25-10-8-24(9-11-25)17-13-16(20)6-5-15(17)2/h5-6,13H,4,7-12,14H2,1-3H3,(H,21,23)(H,22,26). The molecule has 7 nitrogen and oxygen atoms in total. The molecule has 150 valence electrons. The molecule has 0 saturated carbocycles. The van der Waals surface area contributed by atoms with E-state index in [0.717, 1.165) is 43.7 Å². The van der Waals surface area contributed by atoms with Gasteiger partial charge in [0, 0.05) is 57.1 Å². The molecule has 1 aliphatic heterocycles. The van der Waals surface area contributed by atoms with Gasteiger partial charge in [-0.1, -0.05) is 17.7 Å². The number of ether oxygens (including phenoxy) is 1. The van der Waals surface area contributed by atoms with E-state index >= 15 is 0 Å². The summed E-state index contributed by atoms with van der Waals surface area (Å²) in [6.07, 6.45) is 0. The van der Waals surface area contributed by atoms with E-state index in [9.17, 15) is 4.79 Å². The fraction of sp³-hybridized carbons (Fsp3) is 0.579. The largest absolute Gasteiger partial charge is 0.383 e. The number of piperazine rings is 1. The van der Waals surface area contributed by atoms with Crippen LogP contribution in [0, 0.1) is 6.92 Å². The average molecular weight is 396 g/mol. The molecule has 1 aromatic rings. The van der Waals surface area contributed by atoms with Gasteiger partial charge in [0.2, 0.25) is 5.91 Å². The summed E-state index contributed by atoms with van der Waals surface area (Å²) < 4.78 is 4.93. The maximum Gasteiger partial charge on any atom is 0.241 e. The first kappa shape index (κ1) is 21.3. The number of amides is 1. The van der Waals surface area contributed by atoms with Gasteiger partial charge < -0.3 is 25.2 Å². The number of hydrogen-bond acceptors (Lipinski definition) is 4. The Hall–Kier alpha value is -1.99. The maximum atomic E-state index is 11.9. The summed E-state index contributed by atoms with van der Waals surface area (Å²) in [5, 5.41) is 6.82. The van der Waals surface area contributed by atoms with Gasteiger partial charge in [-0.25, -0.2) is 4.99 Å². The summed E-state index contributed by atoms with van der Waals surface area (Å²) in [5.74, 6) is 0.678. The van der Waals surface area contributed by atoms with Gasteiger partial charge in [0.05, 0.1) is 6.61 Å². The molecule has 2 N–H and O–H groups in total. The smallest absolute Gasteiger partial charge is 0.241 e. The van der Waals surface area contributed by atoms with Crippen LogP contribution in [-0.2, 0) is 9.53 Å². The van der Waals surface area contributed by atoms with Crippen molar-refractivity contribution in [3.05, 3.63) is 28.8 Å². The van der Waals surface area contributed by atoms with Crippen molar-refractivity contribution in [1.29, 1.82) is 0 Å². The molecule has 1 amide bonds. The van der Waals surface area contributed by atoms with Crippen LogP contribution >= 0.6 is 11.6 Å². The number of anilines is 1. The van der Waals surface area contributed by atoms with Crippen molar-refractivity contribution < 1.29 is 9.53 Å². The van der Waals surface area contributed by atoms with Crippen LogP contribution < -0.4 is 15.5 Å². The number of carbonyl (C=O) groups excluding carboxylic acids is 1. The van der Waals surface area contributed by atoms with Gasteiger partial charge in [-0.3, -0.25) is 4.79 Å². The van der Waals surface area contributed by atoms with Crippen molar-refractivity contribution in [1.82, 2.24) is 15.5 Å². The molecule has 1 saturated heterocycles. The van der Waals surface area contributed by atoms with E-state index in [1.54, 1.807) is 7.11 Å². The normalized spacial score (nSPS) is 15.0. The quantitative estimate of drug-likeness (QED) is 0.416. The Morgan fingerprint density at radius 3 is 2.67 bits per heavy atom. The van der Waals surface area contributed by atoms with Crippen molar-refractivity contribution >= 4 is 29.2 Å². The number of benzene rings is 1. The van der Waals surface area contributed by atoms with Crippen LogP contribution in [0.25, 0.3) is 0 Å². The molecular weight excluding hydrogens is 366 g/mol. The van der Waals surface area contributed by atoms with Gasteiger partial charge in [0.1, 0.15) is 6.54 Å². The van der Waals surface area contributed by atoms with Gasteiger partial charge in [0.25, 0.3) is 0 Å². The lowest BCUT2D eigenvalue weighted by molar-refractivity contribution is -0.119. The fourth-order valence-electron chi connectivity index (χ4n) is 3.00. The van der Waals surface area contributed by atoms with Gasteiger partial charge >= 0.3 is 0 Å². The number of aliphatic imine (C=N–C) groups is 1. The lowest BCUT2D eigenvalue weighted by Gasteiger charge is -2.38. The molecule has 27 heavy (non-hydrogen) atoms. The van der Waals surface area contributed by atoms with Gasteiger partial charge in [-0.2, -0.15) is 0 Å². The second-order valence-corrected chi connectivity index (χ2v) is 6.85. The molecule has 1 fully saturated rings. The third-order valence-electron chi connectivity index (χ3n) is 4.43. The Labute approximate surface area is 166 Å². The van der Waals surface area contributed by atoms with E-state index in [1.807, 2.05) is 19.1 Å². The molecule has 0 aromatic heterocycles. The number of methoxy groups -OCH3 is 1. The Kier molecular flexibility index (Phi) is 8.67. The molecule has 2 rings (SSSR count). The van der Waals surface area contributed by atoms with Crippen LogP contribution in [0.15, 0.2) is 23.2 Å². The number of carbonyl (C=O) groups is 1. The van der Waals surface area contributed by atoms with Crippen molar-refractivity contribution in [3.8, 4) is 0 Å². The second kappa shape index (κ2) is 11.0. The molecule has 1 heterocycles. The van der Waals surface area contributed by atoms with Crippen molar-refractivity contribution in [2.75, 3.05) is 64.4 Å². The Balaban J connectivity index is 1.93. The summed E-state index contributed by atoms with van der Waals surface area (Å²) in [6.45, 7) is 9.44. The first-order valence-electron chi connectivity index (χ1n) is 9.35. The third-order valence-corrected chi connectivity index (χ3v) is 4.66. The van der Waals surface area contributed by atoms with Crippen molar-refractivity contribution in [2.24, 2.45) is 4.99 Å². The van der Waals surface area contributed by atoms with Crippen LogP contribution in [0.2, 0.25) is 5.02 Å². The number of nitrogens with one attached hydrogen (secondary N) is 2.